The predicted octanol–water partition coefficient (Wildman–Crippen LogP) is 2.20. The summed E-state index contributed by atoms with van der Waals surface area (Å²) < 4.78 is 58.8. The first-order chi connectivity index (χ1) is 12.7. The van der Waals surface area contributed by atoms with Crippen LogP contribution < -0.4 is 9.46 Å². The lowest BCUT2D eigenvalue weighted by Crippen LogP contribution is -2.30. The number of nitrogens with one attached hydrogen (secondary N) is 1. The molecular weight excluding hydrogens is 388 g/mol. The Kier molecular flexibility index (Phi) is 6.99. The maximum Gasteiger partial charge on any atom is 0.243 e. The fraction of sp³-hybridized carbons (Fsp3) is 0.333. The van der Waals surface area contributed by atoms with Gasteiger partial charge in [-0.15, -0.1) is 0 Å². The van der Waals surface area contributed by atoms with Gasteiger partial charge in [0.05, 0.1) is 16.9 Å². The van der Waals surface area contributed by atoms with Crippen LogP contribution in [0.5, 0.6) is 5.75 Å². The molecule has 0 aliphatic rings. The molecule has 7 nitrogen and oxygen atoms in total. The average molecular weight is 413 g/mol. The third-order valence-electron chi connectivity index (χ3n) is 4.08. The molecule has 2 rings (SSSR count). The van der Waals surface area contributed by atoms with E-state index in [9.17, 15) is 16.8 Å². The van der Waals surface area contributed by atoms with Crippen molar-refractivity contribution < 1.29 is 21.6 Å². The lowest BCUT2D eigenvalue weighted by Gasteiger charge is -2.18. The van der Waals surface area contributed by atoms with Crippen LogP contribution >= 0.6 is 0 Å². The zero-order chi connectivity index (χ0) is 20.1. The van der Waals surface area contributed by atoms with E-state index in [1.165, 1.54) is 35.7 Å². The molecule has 0 fully saturated rings. The van der Waals surface area contributed by atoms with Crippen LogP contribution in [0.4, 0.5) is 0 Å². The van der Waals surface area contributed by atoms with Crippen molar-refractivity contribution in [3.8, 4) is 5.75 Å². The van der Waals surface area contributed by atoms with Gasteiger partial charge in [-0.1, -0.05) is 26.0 Å². The van der Waals surface area contributed by atoms with Crippen molar-refractivity contribution in [2.75, 3.05) is 20.2 Å². The smallest absolute Gasteiger partial charge is 0.243 e. The van der Waals surface area contributed by atoms with Crippen molar-refractivity contribution in [3.05, 3.63) is 54.1 Å². The molecule has 0 spiro atoms. The summed E-state index contributed by atoms with van der Waals surface area (Å²) >= 11 is 0. The second kappa shape index (κ2) is 8.83. The summed E-state index contributed by atoms with van der Waals surface area (Å²) in [7, 11) is -5.85. The van der Waals surface area contributed by atoms with E-state index in [4.69, 9.17) is 4.74 Å². The van der Waals surface area contributed by atoms with Gasteiger partial charge in [0.1, 0.15) is 5.75 Å². The third kappa shape index (κ3) is 5.07. The van der Waals surface area contributed by atoms with Crippen LogP contribution in [0, 0.1) is 0 Å². The normalized spacial score (nSPS) is 12.3. The molecule has 0 bridgehead atoms. The first-order valence-corrected chi connectivity index (χ1v) is 11.4. The predicted molar refractivity (Wildman–Crippen MR) is 104 cm³/mol. The van der Waals surface area contributed by atoms with Gasteiger partial charge in [-0.05, 0) is 42.0 Å². The number of methoxy groups -OCH3 is 1. The van der Waals surface area contributed by atoms with Crippen LogP contribution in [-0.2, 0) is 26.6 Å². The van der Waals surface area contributed by atoms with E-state index in [1.807, 2.05) is 0 Å². The van der Waals surface area contributed by atoms with Gasteiger partial charge in [0.25, 0.3) is 0 Å². The third-order valence-corrected chi connectivity index (χ3v) is 7.56. The number of hydrogen-bond donors (Lipinski definition) is 1. The molecule has 0 saturated heterocycles. The maximum atomic E-state index is 12.5. The summed E-state index contributed by atoms with van der Waals surface area (Å²) in [5.74, 6) is 0.637. The molecule has 0 atom stereocenters. The van der Waals surface area contributed by atoms with Crippen LogP contribution in [0.3, 0.4) is 0 Å². The standard InChI is InChI=1S/C18H24N2O5S2/c1-4-20(5-2)27(23,24)18-11-9-17(10-12-18)26(21,22)19-14-15-7-6-8-16(13-15)25-3/h6-13,19H,4-5,14H2,1-3H3. The Morgan fingerprint density at radius 1 is 0.926 bits per heavy atom. The van der Waals surface area contributed by atoms with E-state index in [2.05, 4.69) is 4.72 Å². The molecule has 0 radical (unpaired) electrons. The van der Waals surface area contributed by atoms with Crippen LogP contribution in [0.25, 0.3) is 0 Å². The van der Waals surface area contributed by atoms with Crippen molar-refractivity contribution in [1.82, 2.24) is 9.03 Å². The number of ether oxygens (including phenoxy) is 1. The van der Waals surface area contributed by atoms with Crippen molar-refractivity contribution in [2.45, 2.75) is 30.2 Å². The van der Waals surface area contributed by atoms with E-state index in [0.29, 0.717) is 18.8 Å². The Balaban J connectivity index is 2.17. The first-order valence-electron chi connectivity index (χ1n) is 8.47. The van der Waals surface area contributed by atoms with E-state index < -0.39 is 20.0 Å². The fourth-order valence-corrected chi connectivity index (χ4v) is 5.02. The van der Waals surface area contributed by atoms with Gasteiger partial charge in [0.15, 0.2) is 0 Å². The maximum absolute atomic E-state index is 12.5. The molecule has 148 valence electrons. The van der Waals surface area contributed by atoms with E-state index in [1.54, 1.807) is 38.1 Å². The van der Waals surface area contributed by atoms with Crippen molar-refractivity contribution in [2.24, 2.45) is 0 Å². The topological polar surface area (TPSA) is 92.8 Å². The van der Waals surface area contributed by atoms with Gasteiger partial charge in [-0.25, -0.2) is 21.6 Å². The molecule has 0 heterocycles. The minimum atomic E-state index is -3.77. The summed E-state index contributed by atoms with van der Waals surface area (Å²) in [5.41, 5.74) is 0.749. The summed E-state index contributed by atoms with van der Waals surface area (Å²) in [4.78, 5) is 0.0711. The highest BCUT2D eigenvalue weighted by atomic mass is 32.2. The zero-order valence-corrected chi connectivity index (χ0v) is 17.2. The van der Waals surface area contributed by atoms with Gasteiger partial charge >= 0.3 is 0 Å². The molecule has 9 heteroatoms. The molecule has 0 aromatic heterocycles. The van der Waals surface area contributed by atoms with E-state index >= 15 is 0 Å². The molecular formula is C18H24N2O5S2. The molecule has 0 aliphatic heterocycles. The van der Waals surface area contributed by atoms with Crippen LogP contribution in [-0.4, -0.2) is 41.3 Å². The molecule has 0 amide bonds. The number of benzene rings is 2. The zero-order valence-electron chi connectivity index (χ0n) is 15.5. The van der Waals surface area contributed by atoms with Gasteiger partial charge in [0, 0.05) is 19.6 Å². The molecule has 0 saturated carbocycles. The largest absolute Gasteiger partial charge is 0.497 e. The number of nitrogens with zero attached hydrogens (tertiary/aromatic N) is 1. The second-order valence-corrected chi connectivity index (χ2v) is 9.44. The number of rotatable bonds is 9. The van der Waals surface area contributed by atoms with Crippen LogP contribution in [0.1, 0.15) is 19.4 Å². The average Bonchev–Trinajstić information content (AvgIpc) is 2.67. The molecule has 2 aromatic carbocycles. The summed E-state index contributed by atoms with van der Waals surface area (Å²) in [5, 5.41) is 0. The fourth-order valence-electron chi connectivity index (χ4n) is 2.55. The van der Waals surface area contributed by atoms with Gasteiger partial charge in [0.2, 0.25) is 20.0 Å². The summed E-state index contributed by atoms with van der Waals surface area (Å²) in [6, 6.07) is 12.3. The molecule has 1 N–H and O–H groups in total. The number of sulfonamides is 2. The van der Waals surface area contributed by atoms with E-state index in [-0.39, 0.29) is 16.3 Å². The first kappa shape index (κ1) is 21.4. The minimum absolute atomic E-state index is 0.00360. The Morgan fingerprint density at radius 2 is 1.52 bits per heavy atom. The van der Waals surface area contributed by atoms with E-state index in [0.717, 1.165) is 5.56 Å². The lowest BCUT2D eigenvalue weighted by molar-refractivity contribution is 0.414. The Hall–Kier alpha value is -1.94. The van der Waals surface area contributed by atoms with Gasteiger partial charge < -0.3 is 4.74 Å². The van der Waals surface area contributed by atoms with Crippen molar-refractivity contribution >= 4 is 20.0 Å². The molecule has 2 aromatic rings. The Labute approximate surface area is 161 Å². The Morgan fingerprint density at radius 3 is 2.07 bits per heavy atom. The molecule has 0 unspecified atom stereocenters. The van der Waals surface area contributed by atoms with Gasteiger partial charge in [-0.2, -0.15) is 4.31 Å². The van der Waals surface area contributed by atoms with Crippen LogP contribution in [0.15, 0.2) is 58.3 Å². The lowest BCUT2D eigenvalue weighted by atomic mass is 10.2. The quantitative estimate of drug-likeness (QED) is 0.682. The Bertz CT molecular complexity index is 967. The highest BCUT2D eigenvalue weighted by Gasteiger charge is 2.22. The minimum Gasteiger partial charge on any atom is -0.497 e. The molecule has 0 aliphatic carbocycles. The van der Waals surface area contributed by atoms with Gasteiger partial charge in [-0.3, -0.25) is 0 Å². The summed E-state index contributed by atoms with van der Waals surface area (Å²) in [6.07, 6.45) is 0. The monoisotopic (exact) mass is 412 g/mol. The van der Waals surface area contributed by atoms with Crippen molar-refractivity contribution in [1.29, 1.82) is 0 Å². The highest BCUT2D eigenvalue weighted by Crippen LogP contribution is 2.19. The SMILES string of the molecule is CCN(CC)S(=O)(=O)c1ccc(S(=O)(=O)NCc2cccc(OC)c2)cc1. The number of hydrogen-bond acceptors (Lipinski definition) is 5. The van der Waals surface area contributed by atoms with Crippen molar-refractivity contribution in [3.63, 3.8) is 0 Å². The van der Waals surface area contributed by atoms with Crippen LogP contribution in [0.2, 0.25) is 0 Å². The highest BCUT2D eigenvalue weighted by molar-refractivity contribution is 7.89. The molecule has 27 heavy (non-hydrogen) atoms. The second-order valence-electron chi connectivity index (χ2n) is 5.74. The summed E-state index contributed by atoms with van der Waals surface area (Å²) in [6.45, 7) is 4.30.